The summed E-state index contributed by atoms with van der Waals surface area (Å²) < 4.78 is 5.29. The van der Waals surface area contributed by atoms with Gasteiger partial charge in [-0.25, -0.2) is 0 Å². The van der Waals surface area contributed by atoms with Crippen molar-refractivity contribution in [3.05, 3.63) is 29.8 Å². The van der Waals surface area contributed by atoms with E-state index in [-0.39, 0.29) is 17.9 Å². The summed E-state index contributed by atoms with van der Waals surface area (Å²) >= 11 is 0. The predicted octanol–water partition coefficient (Wildman–Crippen LogP) is 2.33. The first-order valence-electron chi connectivity index (χ1n) is 6.85. The van der Waals surface area contributed by atoms with Crippen LogP contribution in [-0.4, -0.2) is 26.1 Å². The molecule has 1 fully saturated rings. The molecule has 0 aromatic heterocycles. The Morgan fingerprint density at radius 1 is 1.42 bits per heavy atom. The van der Waals surface area contributed by atoms with Crippen LogP contribution in [0.1, 0.15) is 31.4 Å². The molecule has 2 rings (SSSR count). The van der Waals surface area contributed by atoms with Gasteiger partial charge >= 0.3 is 0 Å². The van der Waals surface area contributed by atoms with Crippen molar-refractivity contribution >= 4 is 11.6 Å². The third-order valence-electron chi connectivity index (χ3n) is 3.69. The lowest BCUT2D eigenvalue weighted by atomic mass is 9.97. The van der Waals surface area contributed by atoms with Gasteiger partial charge < -0.3 is 15.4 Å². The summed E-state index contributed by atoms with van der Waals surface area (Å²) in [6.07, 6.45) is 1.87. The standard InChI is InChI=1S/C15H22N2O2/c1-11(19-2)13-4-3-5-14(10-13)17-15(18)12-6-8-16-9-7-12/h3-5,10-12,16H,6-9H2,1-2H3,(H,17,18). The lowest BCUT2D eigenvalue weighted by molar-refractivity contribution is -0.120. The largest absolute Gasteiger partial charge is 0.377 e. The Balaban J connectivity index is 2.00. The zero-order valence-corrected chi connectivity index (χ0v) is 11.6. The van der Waals surface area contributed by atoms with Crippen molar-refractivity contribution in [2.24, 2.45) is 5.92 Å². The number of methoxy groups -OCH3 is 1. The Hall–Kier alpha value is -1.39. The second kappa shape index (κ2) is 6.68. The van der Waals surface area contributed by atoms with Crippen molar-refractivity contribution in [1.82, 2.24) is 5.32 Å². The van der Waals surface area contributed by atoms with Crippen LogP contribution in [0, 0.1) is 5.92 Å². The molecule has 0 radical (unpaired) electrons. The molecule has 0 bridgehead atoms. The van der Waals surface area contributed by atoms with E-state index in [2.05, 4.69) is 10.6 Å². The molecular weight excluding hydrogens is 240 g/mol. The molecule has 19 heavy (non-hydrogen) atoms. The molecular formula is C15H22N2O2. The Morgan fingerprint density at radius 2 is 2.16 bits per heavy atom. The first-order valence-corrected chi connectivity index (χ1v) is 6.85. The first-order chi connectivity index (χ1) is 9.20. The van der Waals surface area contributed by atoms with Gasteiger partial charge in [-0.15, -0.1) is 0 Å². The topological polar surface area (TPSA) is 50.4 Å². The van der Waals surface area contributed by atoms with Gasteiger partial charge in [0.05, 0.1) is 6.10 Å². The van der Waals surface area contributed by atoms with Crippen LogP contribution in [0.5, 0.6) is 0 Å². The molecule has 1 amide bonds. The van der Waals surface area contributed by atoms with E-state index in [0.29, 0.717) is 0 Å². The third kappa shape index (κ3) is 3.78. The molecule has 1 unspecified atom stereocenters. The lowest BCUT2D eigenvalue weighted by Crippen LogP contribution is -2.34. The average molecular weight is 262 g/mol. The quantitative estimate of drug-likeness (QED) is 0.875. The minimum Gasteiger partial charge on any atom is -0.377 e. The minimum absolute atomic E-state index is 0.0377. The van der Waals surface area contributed by atoms with E-state index in [1.165, 1.54) is 0 Å². The summed E-state index contributed by atoms with van der Waals surface area (Å²) in [6.45, 7) is 3.85. The van der Waals surface area contributed by atoms with E-state index in [9.17, 15) is 4.79 Å². The van der Waals surface area contributed by atoms with Crippen LogP contribution < -0.4 is 10.6 Å². The summed E-state index contributed by atoms with van der Waals surface area (Å²) in [5.41, 5.74) is 1.93. The van der Waals surface area contributed by atoms with Crippen molar-refractivity contribution in [3.8, 4) is 0 Å². The molecule has 0 saturated carbocycles. The fourth-order valence-electron chi connectivity index (χ4n) is 2.33. The maximum Gasteiger partial charge on any atom is 0.227 e. The van der Waals surface area contributed by atoms with Gasteiger partial charge in [0.1, 0.15) is 0 Å². The number of ether oxygens (including phenoxy) is 1. The fraction of sp³-hybridized carbons (Fsp3) is 0.533. The van der Waals surface area contributed by atoms with E-state index < -0.39 is 0 Å². The molecule has 0 spiro atoms. The second-order valence-corrected chi connectivity index (χ2v) is 5.02. The van der Waals surface area contributed by atoms with Gasteiger partial charge in [-0.05, 0) is 50.6 Å². The fourth-order valence-corrected chi connectivity index (χ4v) is 2.33. The minimum atomic E-state index is 0.0377. The number of piperidine rings is 1. The monoisotopic (exact) mass is 262 g/mol. The molecule has 0 aliphatic carbocycles. The van der Waals surface area contributed by atoms with Gasteiger partial charge in [0.2, 0.25) is 5.91 Å². The van der Waals surface area contributed by atoms with Crippen LogP contribution in [0.4, 0.5) is 5.69 Å². The Morgan fingerprint density at radius 3 is 2.84 bits per heavy atom. The second-order valence-electron chi connectivity index (χ2n) is 5.02. The Kier molecular flexibility index (Phi) is 4.93. The van der Waals surface area contributed by atoms with Crippen LogP contribution in [0.15, 0.2) is 24.3 Å². The lowest BCUT2D eigenvalue weighted by Gasteiger charge is -2.22. The van der Waals surface area contributed by atoms with Crippen LogP contribution in [0.2, 0.25) is 0 Å². The number of hydrogen-bond donors (Lipinski definition) is 2. The molecule has 1 aliphatic rings. The molecule has 1 atom stereocenters. The van der Waals surface area contributed by atoms with Crippen molar-refractivity contribution in [2.45, 2.75) is 25.9 Å². The highest BCUT2D eigenvalue weighted by atomic mass is 16.5. The zero-order valence-electron chi connectivity index (χ0n) is 11.6. The SMILES string of the molecule is COC(C)c1cccc(NC(=O)C2CCNCC2)c1. The summed E-state index contributed by atoms with van der Waals surface area (Å²) in [5.74, 6) is 0.258. The summed E-state index contributed by atoms with van der Waals surface area (Å²) in [7, 11) is 1.69. The highest BCUT2D eigenvalue weighted by molar-refractivity contribution is 5.92. The van der Waals surface area contributed by atoms with Crippen molar-refractivity contribution in [2.75, 3.05) is 25.5 Å². The average Bonchev–Trinajstić information content (AvgIpc) is 2.47. The maximum atomic E-state index is 12.1. The maximum absolute atomic E-state index is 12.1. The van der Waals surface area contributed by atoms with Crippen molar-refractivity contribution < 1.29 is 9.53 Å². The molecule has 1 aromatic carbocycles. The molecule has 1 saturated heterocycles. The van der Waals surface area contributed by atoms with Crippen molar-refractivity contribution in [1.29, 1.82) is 0 Å². The van der Waals surface area contributed by atoms with Gasteiger partial charge in [0.15, 0.2) is 0 Å². The molecule has 1 heterocycles. The van der Waals surface area contributed by atoms with E-state index in [0.717, 1.165) is 37.2 Å². The smallest absolute Gasteiger partial charge is 0.227 e. The van der Waals surface area contributed by atoms with E-state index >= 15 is 0 Å². The van der Waals surface area contributed by atoms with Crippen LogP contribution >= 0.6 is 0 Å². The molecule has 1 aromatic rings. The van der Waals surface area contributed by atoms with Crippen LogP contribution in [0.25, 0.3) is 0 Å². The first kappa shape index (κ1) is 14.0. The third-order valence-corrected chi connectivity index (χ3v) is 3.69. The summed E-state index contributed by atoms with van der Waals surface area (Å²) in [5, 5.41) is 6.28. The Labute approximate surface area is 114 Å². The van der Waals surface area contributed by atoms with Crippen LogP contribution in [0.3, 0.4) is 0 Å². The molecule has 4 nitrogen and oxygen atoms in total. The van der Waals surface area contributed by atoms with Gasteiger partial charge in [-0.3, -0.25) is 4.79 Å². The number of carbonyl (C=O) groups is 1. The van der Waals surface area contributed by atoms with Gasteiger partial charge in [0.25, 0.3) is 0 Å². The van der Waals surface area contributed by atoms with Gasteiger partial charge in [0, 0.05) is 18.7 Å². The number of rotatable bonds is 4. The number of anilines is 1. The Bertz CT molecular complexity index is 428. The molecule has 2 N–H and O–H groups in total. The number of nitrogens with one attached hydrogen (secondary N) is 2. The van der Waals surface area contributed by atoms with Crippen molar-refractivity contribution in [3.63, 3.8) is 0 Å². The number of carbonyl (C=O) groups excluding carboxylic acids is 1. The molecule has 1 aliphatic heterocycles. The van der Waals surface area contributed by atoms with Crippen LogP contribution in [-0.2, 0) is 9.53 Å². The molecule has 4 heteroatoms. The van der Waals surface area contributed by atoms with E-state index in [1.54, 1.807) is 7.11 Å². The summed E-state index contributed by atoms with van der Waals surface area (Å²) in [6, 6.07) is 7.86. The molecule has 104 valence electrons. The number of amides is 1. The number of benzene rings is 1. The van der Waals surface area contributed by atoms with Gasteiger partial charge in [-0.1, -0.05) is 12.1 Å². The zero-order chi connectivity index (χ0) is 13.7. The highest BCUT2D eigenvalue weighted by Crippen LogP contribution is 2.21. The highest BCUT2D eigenvalue weighted by Gasteiger charge is 2.20. The number of hydrogen-bond acceptors (Lipinski definition) is 3. The normalized spacial score (nSPS) is 18.0. The van der Waals surface area contributed by atoms with Gasteiger partial charge in [-0.2, -0.15) is 0 Å². The predicted molar refractivity (Wildman–Crippen MR) is 76.1 cm³/mol. The summed E-state index contributed by atoms with van der Waals surface area (Å²) in [4.78, 5) is 12.1. The van der Waals surface area contributed by atoms with E-state index in [1.807, 2.05) is 31.2 Å². The van der Waals surface area contributed by atoms with E-state index in [4.69, 9.17) is 4.74 Å².